The van der Waals surface area contributed by atoms with Crippen LogP contribution < -0.4 is 11.3 Å². The average molecular weight is 391 g/mol. The lowest BCUT2D eigenvalue weighted by Gasteiger charge is -2.22. The van der Waals surface area contributed by atoms with Crippen LogP contribution in [-0.4, -0.2) is 66.2 Å². The van der Waals surface area contributed by atoms with Gasteiger partial charge in [-0.3, -0.25) is 23.4 Å². The number of ether oxygens (including phenoxy) is 1. The molecule has 13 nitrogen and oxygen atoms in total. The topological polar surface area (TPSA) is 195 Å². The third-order valence-corrected chi connectivity index (χ3v) is 4.86. The van der Waals surface area contributed by atoms with Crippen LogP contribution in [0.15, 0.2) is 11.1 Å². The highest BCUT2D eigenvalue weighted by Crippen LogP contribution is 2.48. The Labute approximate surface area is 146 Å². The summed E-state index contributed by atoms with van der Waals surface area (Å²) in [6.45, 7) is 0.793. The van der Waals surface area contributed by atoms with Crippen molar-refractivity contribution in [3.63, 3.8) is 0 Å². The number of nitrogens with one attached hydrogen (secondary N) is 1. The van der Waals surface area contributed by atoms with Crippen LogP contribution >= 0.6 is 7.82 Å². The Morgan fingerprint density at radius 3 is 2.92 bits per heavy atom. The molecule has 0 radical (unpaired) electrons. The number of nitrogens with two attached hydrogens (primary N) is 1. The van der Waals surface area contributed by atoms with Crippen LogP contribution in [0.25, 0.3) is 11.2 Å². The molecule has 2 aromatic heterocycles. The number of rotatable bonds is 6. The zero-order valence-corrected chi connectivity index (χ0v) is 14.4. The van der Waals surface area contributed by atoms with E-state index in [1.54, 1.807) is 0 Å². The molecule has 0 amide bonds. The van der Waals surface area contributed by atoms with Crippen molar-refractivity contribution >= 4 is 24.9 Å². The second kappa shape index (κ2) is 7.04. The third-order valence-electron chi connectivity index (χ3n) is 3.76. The van der Waals surface area contributed by atoms with E-state index in [4.69, 9.17) is 15.0 Å². The van der Waals surface area contributed by atoms with Crippen LogP contribution in [0.1, 0.15) is 13.2 Å². The average Bonchev–Trinajstić information content (AvgIpc) is 3.09. The molecule has 1 unspecified atom stereocenters. The Morgan fingerprint density at radius 1 is 1.54 bits per heavy atom. The van der Waals surface area contributed by atoms with Crippen LogP contribution in [-0.2, 0) is 18.3 Å². The summed E-state index contributed by atoms with van der Waals surface area (Å²) in [4.78, 5) is 31.6. The molecule has 0 aliphatic carbocycles. The third kappa shape index (κ3) is 3.38. The Bertz CT molecular complexity index is 899. The van der Waals surface area contributed by atoms with Gasteiger partial charge in [0.2, 0.25) is 5.95 Å². The molecule has 6 N–H and O–H groups in total. The zero-order valence-electron chi connectivity index (χ0n) is 13.6. The zero-order chi connectivity index (χ0) is 19.1. The van der Waals surface area contributed by atoms with Crippen LogP contribution in [0.4, 0.5) is 5.95 Å². The number of aromatic amines is 1. The Balaban J connectivity index is 1.95. The SMILES string of the molecule is CCOP(=O)(O)O[C@H]1[C@@H](O)[C@H](n2cnc3c(=O)[nH]c(N)nc32)O[C@@H]1CO. The van der Waals surface area contributed by atoms with E-state index in [0.717, 1.165) is 0 Å². The maximum Gasteiger partial charge on any atom is 0.472 e. The van der Waals surface area contributed by atoms with E-state index in [9.17, 15) is 24.5 Å². The number of H-pyrrole nitrogens is 1. The van der Waals surface area contributed by atoms with Gasteiger partial charge < -0.3 is 25.6 Å². The van der Waals surface area contributed by atoms with Gasteiger partial charge in [0, 0.05) is 0 Å². The van der Waals surface area contributed by atoms with Crippen molar-refractivity contribution in [1.29, 1.82) is 0 Å². The standard InChI is InChI=1S/C12H18N5O8P/c1-2-23-26(21,22)25-8-5(3-18)24-11(7(8)19)17-4-14-6-9(17)15-12(13)16-10(6)20/h4-5,7-8,11,18-19H,2-3H2,1H3,(H,21,22)(H3,13,15,16,20)/t5-,7-,8-,11-/m1/s1. The van der Waals surface area contributed by atoms with E-state index in [-0.39, 0.29) is 23.7 Å². The van der Waals surface area contributed by atoms with E-state index in [2.05, 4.69) is 19.5 Å². The van der Waals surface area contributed by atoms with Crippen LogP contribution in [0.5, 0.6) is 0 Å². The highest BCUT2D eigenvalue weighted by Gasteiger charge is 2.49. The maximum atomic E-state index is 11.8. The Kier molecular flexibility index (Phi) is 5.12. The fourth-order valence-corrected chi connectivity index (χ4v) is 3.66. The van der Waals surface area contributed by atoms with Crippen molar-refractivity contribution in [3.8, 4) is 0 Å². The summed E-state index contributed by atoms with van der Waals surface area (Å²) in [6.07, 6.45) is -4.00. The van der Waals surface area contributed by atoms with Crippen molar-refractivity contribution in [3.05, 3.63) is 16.7 Å². The lowest BCUT2D eigenvalue weighted by atomic mass is 10.1. The van der Waals surface area contributed by atoms with Crippen molar-refractivity contribution < 1.29 is 33.5 Å². The smallest absolute Gasteiger partial charge is 0.394 e. The number of fused-ring (bicyclic) bond motifs is 1. The van der Waals surface area contributed by atoms with E-state index in [1.165, 1.54) is 17.8 Å². The number of phosphoric ester groups is 1. The van der Waals surface area contributed by atoms with Gasteiger partial charge in [0.15, 0.2) is 17.4 Å². The Morgan fingerprint density at radius 2 is 2.27 bits per heavy atom. The van der Waals surface area contributed by atoms with Gasteiger partial charge >= 0.3 is 7.82 Å². The monoisotopic (exact) mass is 391 g/mol. The lowest BCUT2D eigenvalue weighted by molar-refractivity contribution is -0.0511. The van der Waals surface area contributed by atoms with Gasteiger partial charge in [-0.15, -0.1) is 0 Å². The first kappa shape index (κ1) is 18.9. The molecule has 2 aromatic rings. The summed E-state index contributed by atoms with van der Waals surface area (Å²) < 4.78 is 28.1. The number of aromatic nitrogens is 4. The van der Waals surface area contributed by atoms with Gasteiger partial charge in [-0.1, -0.05) is 0 Å². The van der Waals surface area contributed by atoms with E-state index < -0.39 is 44.5 Å². The number of imidazole rings is 1. The van der Waals surface area contributed by atoms with E-state index in [0.29, 0.717) is 0 Å². The highest BCUT2D eigenvalue weighted by atomic mass is 31.2. The number of phosphoric acid groups is 1. The predicted octanol–water partition coefficient (Wildman–Crippen LogP) is -1.53. The first-order chi connectivity index (χ1) is 12.3. The summed E-state index contributed by atoms with van der Waals surface area (Å²) in [7, 11) is -4.46. The van der Waals surface area contributed by atoms with Crippen LogP contribution in [0, 0.1) is 0 Å². The second-order valence-corrected chi connectivity index (χ2v) is 6.88. The minimum atomic E-state index is -4.46. The number of anilines is 1. The molecule has 1 saturated heterocycles. The van der Waals surface area contributed by atoms with Gasteiger partial charge in [-0.05, 0) is 6.92 Å². The van der Waals surface area contributed by atoms with Gasteiger partial charge in [0.1, 0.15) is 18.3 Å². The molecule has 5 atom stereocenters. The minimum Gasteiger partial charge on any atom is -0.394 e. The van der Waals surface area contributed by atoms with Crippen LogP contribution in [0.3, 0.4) is 0 Å². The first-order valence-electron chi connectivity index (χ1n) is 7.60. The molecule has 1 aliphatic heterocycles. The summed E-state index contributed by atoms with van der Waals surface area (Å²) in [6, 6.07) is 0. The summed E-state index contributed by atoms with van der Waals surface area (Å²) in [5.41, 5.74) is 4.93. The lowest BCUT2D eigenvalue weighted by Crippen LogP contribution is -2.35. The summed E-state index contributed by atoms with van der Waals surface area (Å²) >= 11 is 0. The number of nitrogen functional groups attached to an aromatic ring is 1. The molecule has 0 spiro atoms. The molecule has 144 valence electrons. The van der Waals surface area contributed by atoms with E-state index in [1.807, 2.05) is 0 Å². The molecule has 0 aromatic carbocycles. The fourth-order valence-electron chi connectivity index (χ4n) is 2.70. The van der Waals surface area contributed by atoms with Crippen molar-refractivity contribution in [2.45, 2.75) is 31.5 Å². The van der Waals surface area contributed by atoms with E-state index >= 15 is 0 Å². The minimum absolute atomic E-state index is 0.0321. The largest absolute Gasteiger partial charge is 0.472 e. The number of nitrogens with zero attached hydrogens (tertiary/aromatic N) is 3. The molecule has 0 saturated carbocycles. The number of aliphatic hydroxyl groups excluding tert-OH is 2. The fraction of sp³-hybridized carbons (Fsp3) is 0.583. The summed E-state index contributed by atoms with van der Waals surface area (Å²) in [5, 5.41) is 20.0. The predicted molar refractivity (Wildman–Crippen MR) is 85.9 cm³/mol. The summed E-state index contributed by atoms with van der Waals surface area (Å²) in [5.74, 6) is -0.167. The van der Waals surface area contributed by atoms with Gasteiger partial charge in [-0.25, -0.2) is 9.55 Å². The maximum absolute atomic E-state index is 11.8. The molecule has 3 heterocycles. The normalized spacial score (nSPS) is 28.5. The molecule has 1 aliphatic rings. The Hall–Kier alpha value is -1.86. The van der Waals surface area contributed by atoms with Crippen molar-refractivity contribution in [2.75, 3.05) is 18.9 Å². The molecule has 1 fully saturated rings. The molecule has 14 heteroatoms. The highest BCUT2D eigenvalue weighted by molar-refractivity contribution is 7.47. The van der Waals surface area contributed by atoms with Gasteiger partial charge in [0.05, 0.1) is 19.5 Å². The van der Waals surface area contributed by atoms with Crippen molar-refractivity contribution in [1.82, 2.24) is 19.5 Å². The first-order valence-corrected chi connectivity index (χ1v) is 9.09. The molecular formula is C12H18N5O8P. The van der Waals surface area contributed by atoms with Crippen LogP contribution in [0.2, 0.25) is 0 Å². The second-order valence-electron chi connectivity index (χ2n) is 5.47. The molecule has 0 bridgehead atoms. The van der Waals surface area contributed by atoms with Gasteiger partial charge in [0.25, 0.3) is 5.56 Å². The van der Waals surface area contributed by atoms with Crippen molar-refractivity contribution in [2.24, 2.45) is 0 Å². The molecular weight excluding hydrogens is 373 g/mol. The number of hydrogen-bond acceptors (Lipinski definition) is 10. The number of aliphatic hydroxyl groups is 2. The van der Waals surface area contributed by atoms with Gasteiger partial charge in [-0.2, -0.15) is 4.98 Å². The molecule has 26 heavy (non-hydrogen) atoms. The quantitative estimate of drug-likeness (QED) is 0.359. The number of hydrogen-bond donors (Lipinski definition) is 5. The molecule has 3 rings (SSSR count).